The molecule has 0 heterocycles. The Labute approximate surface area is 73.5 Å². The number of hydrogen-bond acceptors (Lipinski definition) is 3. The molecule has 0 saturated carbocycles. The molecule has 1 amide bonds. The topological polar surface area (TPSA) is 64.3 Å². The van der Waals surface area contributed by atoms with Gasteiger partial charge in [-0.1, -0.05) is 20.8 Å². The molecular formula is C8H18N2O2. The van der Waals surface area contributed by atoms with Crippen LogP contribution in [0.4, 0.5) is 4.79 Å². The highest BCUT2D eigenvalue weighted by Gasteiger charge is 2.23. The van der Waals surface area contributed by atoms with Gasteiger partial charge in [-0.05, 0) is 12.5 Å². The first kappa shape index (κ1) is 11.2. The van der Waals surface area contributed by atoms with Crippen molar-refractivity contribution in [1.29, 1.82) is 0 Å². The zero-order chi connectivity index (χ0) is 9.78. The number of ether oxygens (including phenoxy) is 1. The average Bonchev–Trinajstić information content (AvgIpc) is 1.85. The molecule has 12 heavy (non-hydrogen) atoms. The Morgan fingerprint density at radius 1 is 1.58 bits per heavy atom. The number of likely N-dealkylation sites (N-methyl/N-ethyl adjacent to an activating group) is 1. The van der Waals surface area contributed by atoms with Gasteiger partial charge in [0.25, 0.3) is 0 Å². The molecule has 1 atom stereocenters. The molecule has 0 aromatic heterocycles. The molecule has 0 radical (unpaired) electrons. The van der Waals surface area contributed by atoms with E-state index in [4.69, 9.17) is 10.5 Å². The van der Waals surface area contributed by atoms with Crippen molar-refractivity contribution in [3.05, 3.63) is 0 Å². The lowest BCUT2D eigenvalue weighted by molar-refractivity contribution is 0.117. The molecule has 0 bridgehead atoms. The predicted octanol–water partition coefficient (Wildman–Crippen LogP) is 0.716. The third-order valence-electron chi connectivity index (χ3n) is 1.79. The number of amides is 1. The van der Waals surface area contributed by atoms with Crippen molar-refractivity contribution in [2.45, 2.75) is 26.8 Å². The van der Waals surface area contributed by atoms with Gasteiger partial charge in [-0.3, -0.25) is 0 Å². The first-order valence-corrected chi connectivity index (χ1v) is 3.97. The van der Waals surface area contributed by atoms with Crippen molar-refractivity contribution in [2.24, 2.45) is 11.1 Å². The third-order valence-corrected chi connectivity index (χ3v) is 1.79. The molecule has 1 unspecified atom stereocenters. The van der Waals surface area contributed by atoms with Crippen LogP contribution in [0.3, 0.4) is 0 Å². The molecule has 0 aromatic carbocycles. The Bertz CT molecular complexity index is 152. The summed E-state index contributed by atoms with van der Waals surface area (Å²) < 4.78 is 4.70. The van der Waals surface area contributed by atoms with Crippen molar-refractivity contribution < 1.29 is 9.53 Å². The lowest BCUT2D eigenvalue weighted by atomic mass is 9.87. The van der Waals surface area contributed by atoms with E-state index in [9.17, 15) is 4.79 Å². The predicted molar refractivity (Wildman–Crippen MR) is 47.8 cm³/mol. The quantitative estimate of drug-likeness (QED) is 0.662. The van der Waals surface area contributed by atoms with Crippen molar-refractivity contribution in [2.75, 3.05) is 13.7 Å². The molecule has 0 aliphatic heterocycles. The second-order valence-electron chi connectivity index (χ2n) is 3.84. The summed E-state index contributed by atoms with van der Waals surface area (Å²) in [4.78, 5) is 10.3. The van der Waals surface area contributed by atoms with Gasteiger partial charge in [-0.15, -0.1) is 0 Å². The van der Waals surface area contributed by atoms with E-state index in [0.717, 1.165) is 0 Å². The van der Waals surface area contributed by atoms with Gasteiger partial charge in [0.05, 0.1) is 0 Å². The summed E-state index contributed by atoms with van der Waals surface area (Å²) in [5.41, 5.74) is 4.91. The number of primary amides is 1. The number of carbonyl (C=O) groups excluding carboxylic acids is 1. The van der Waals surface area contributed by atoms with E-state index in [-0.39, 0.29) is 11.5 Å². The van der Waals surface area contributed by atoms with Crippen LogP contribution in [0.15, 0.2) is 0 Å². The number of hydrogen-bond donors (Lipinski definition) is 2. The maximum Gasteiger partial charge on any atom is 0.404 e. The zero-order valence-corrected chi connectivity index (χ0v) is 8.18. The Hall–Kier alpha value is -0.770. The molecule has 4 heteroatoms. The highest BCUT2D eigenvalue weighted by Crippen LogP contribution is 2.18. The minimum atomic E-state index is -0.723. The number of rotatable bonds is 3. The number of nitrogens with two attached hydrogens (primary N) is 1. The summed E-state index contributed by atoms with van der Waals surface area (Å²) in [6.07, 6.45) is -0.723. The van der Waals surface area contributed by atoms with Gasteiger partial charge in [0.15, 0.2) is 0 Å². The zero-order valence-electron chi connectivity index (χ0n) is 8.18. The third kappa shape index (κ3) is 4.18. The van der Waals surface area contributed by atoms with Crippen LogP contribution in [0.2, 0.25) is 0 Å². The summed E-state index contributed by atoms with van der Waals surface area (Å²) in [7, 11) is 1.83. The summed E-state index contributed by atoms with van der Waals surface area (Å²) in [5, 5.41) is 3.06. The first-order chi connectivity index (χ1) is 5.38. The summed E-state index contributed by atoms with van der Waals surface area (Å²) in [6.45, 7) is 6.52. The van der Waals surface area contributed by atoms with Gasteiger partial charge in [0, 0.05) is 6.04 Å². The van der Waals surface area contributed by atoms with Gasteiger partial charge >= 0.3 is 6.09 Å². The molecule has 0 saturated heterocycles. The molecule has 0 fully saturated rings. The van der Waals surface area contributed by atoms with Crippen molar-refractivity contribution in [3.63, 3.8) is 0 Å². The summed E-state index contributed by atoms with van der Waals surface area (Å²) in [6, 6.07) is 0.130. The standard InChI is InChI=1S/C8H18N2O2/c1-8(2,3)6(10-4)5-12-7(9)11/h6,10H,5H2,1-4H3,(H2,9,11). The van der Waals surface area contributed by atoms with E-state index in [1.165, 1.54) is 0 Å². The largest absolute Gasteiger partial charge is 0.448 e. The minimum Gasteiger partial charge on any atom is -0.448 e. The van der Waals surface area contributed by atoms with Crippen LogP contribution >= 0.6 is 0 Å². The second-order valence-corrected chi connectivity index (χ2v) is 3.84. The van der Waals surface area contributed by atoms with E-state index in [1.54, 1.807) is 0 Å². The van der Waals surface area contributed by atoms with E-state index in [0.29, 0.717) is 6.61 Å². The fourth-order valence-corrected chi connectivity index (χ4v) is 0.932. The Balaban J connectivity index is 3.92. The fraction of sp³-hybridized carbons (Fsp3) is 0.875. The van der Waals surface area contributed by atoms with Gasteiger partial charge in [-0.25, -0.2) is 4.79 Å². The maximum absolute atomic E-state index is 10.3. The molecular weight excluding hydrogens is 156 g/mol. The molecule has 3 N–H and O–H groups in total. The Morgan fingerprint density at radius 3 is 2.33 bits per heavy atom. The van der Waals surface area contributed by atoms with Gasteiger partial charge in [-0.2, -0.15) is 0 Å². The summed E-state index contributed by atoms with van der Waals surface area (Å²) >= 11 is 0. The normalized spacial score (nSPS) is 14.0. The highest BCUT2D eigenvalue weighted by molar-refractivity contribution is 5.64. The fourth-order valence-electron chi connectivity index (χ4n) is 0.932. The van der Waals surface area contributed by atoms with E-state index in [1.807, 2.05) is 7.05 Å². The lowest BCUT2D eigenvalue weighted by Gasteiger charge is -2.29. The highest BCUT2D eigenvalue weighted by atomic mass is 16.5. The SMILES string of the molecule is CNC(COC(N)=O)C(C)(C)C. The van der Waals surface area contributed by atoms with Crippen LogP contribution in [-0.2, 0) is 4.74 Å². The minimum absolute atomic E-state index is 0.0597. The average molecular weight is 174 g/mol. The summed E-state index contributed by atoms with van der Waals surface area (Å²) in [5.74, 6) is 0. The van der Waals surface area contributed by atoms with Crippen molar-refractivity contribution in [3.8, 4) is 0 Å². The second kappa shape index (κ2) is 4.30. The smallest absolute Gasteiger partial charge is 0.404 e. The first-order valence-electron chi connectivity index (χ1n) is 3.97. The molecule has 0 aromatic rings. The van der Waals surface area contributed by atoms with Crippen LogP contribution in [0.1, 0.15) is 20.8 Å². The van der Waals surface area contributed by atoms with Crippen molar-refractivity contribution >= 4 is 6.09 Å². The van der Waals surface area contributed by atoms with Crippen LogP contribution in [0.5, 0.6) is 0 Å². The number of nitrogens with one attached hydrogen (secondary N) is 1. The Kier molecular flexibility index (Phi) is 4.03. The van der Waals surface area contributed by atoms with Gasteiger partial charge in [0.2, 0.25) is 0 Å². The molecule has 72 valence electrons. The number of carbonyl (C=O) groups is 1. The molecule has 0 aliphatic carbocycles. The molecule has 0 rings (SSSR count). The van der Waals surface area contributed by atoms with Crippen molar-refractivity contribution in [1.82, 2.24) is 5.32 Å². The van der Waals surface area contributed by atoms with E-state index >= 15 is 0 Å². The van der Waals surface area contributed by atoms with Crippen LogP contribution in [-0.4, -0.2) is 25.8 Å². The van der Waals surface area contributed by atoms with Gasteiger partial charge < -0.3 is 15.8 Å². The van der Waals surface area contributed by atoms with Crippen LogP contribution in [0.25, 0.3) is 0 Å². The molecule has 4 nitrogen and oxygen atoms in total. The Morgan fingerprint density at radius 2 is 2.08 bits per heavy atom. The van der Waals surface area contributed by atoms with E-state index < -0.39 is 6.09 Å². The molecule has 0 aliphatic rings. The lowest BCUT2D eigenvalue weighted by Crippen LogP contribution is -2.42. The van der Waals surface area contributed by atoms with E-state index in [2.05, 4.69) is 26.1 Å². The van der Waals surface area contributed by atoms with Crippen LogP contribution < -0.4 is 11.1 Å². The maximum atomic E-state index is 10.3. The monoisotopic (exact) mass is 174 g/mol. The molecule has 0 spiro atoms. The van der Waals surface area contributed by atoms with Crippen LogP contribution in [0, 0.1) is 5.41 Å². The van der Waals surface area contributed by atoms with Gasteiger partial charge in [0.1, 0.15) is 6.61 Å².